The first-order valence-corrected chi connectivity index (χ1v) is 13.4. The van der Waals surface area contributed by atoms with Gasteiger partial charge in [0.1, 0.15) is 17.7 Å². The maximum absolute atomic E-state index is 14.2. The van der Waals surface area contributed by atoms with Crippen LogP contribution in [-0.2, 0) is 14.3 Å². The second-order valence-corrected chi connectivity index (χ2v) is 11.8. The van der Waals surface area contributed by atoms with Crippen LogP contribution in [0.25, 0.3) is 0 Å². The maximum atomic E-state index is 14.2. The van der Waals surface area contributed by atoms with Crippen LogP contribution in [0.3, 0.4) is 0 Å². The molecular weight excluding hydrogens is 502 g/mol. The van der Waals surface area contributed by atoms with E-state index in [1.807, 2.05) is 78.8 Å². The number of carbonyl (C=O) groups excluding carboxylic acids is 3. The van der Waals surface area contributed by atoms with Gasteiger partial charge >= 0.3 is 6.09 Å². The summed E-state index contributed by atoms with van der Waals surface area (Å²) in [7, 11) is 0. The third-order valence-electron chi connectivity index (χ3n) is 6.14. The molecule has 0 aromatic heterocycles. The van der Waals surface area contributed by atoms with E-state index in [0.29, 0.717) is 16.3 Å². The number of benzene rings is 2. The molecule has 2 atom stereocenters. The highest BCUT2D eigenvalue weighted by atomic mass is 35.5. The second-order valence-electron chi connectivity index (χ2n) is 11.4. The van der Waals surface area contributed by atoms with Crippen molar-refractivity contribution in [1.29, 1.82) is 0 Å². The number of nitrogens with zero attached hydrogens (tertiary/aromatic N) is 1. The maximum Gasteiger partial charge on any atom is 0.408 e. The van der Waals surface area contributed by atoms with E-state index in [2.05, 4.69) is 10.6 Å². The second kappa shape index (κ2) is 12.7. The minimum absolute atomic E-state index is 0.260. The van der Waals surface area contributed by atoms with Gasteiger partial charge in [-0.2, -0.15) is 0 Å². The number of hydrogen-bond donors (Lipinski definition) is 2. The van der Waals surface area contributed by atoms with Crippen molar-refractivity contribution in [2.45, 2.75) is 93.0 Å². The standard InChI is InChI=1S/C30H42ClN3O4/c1-17(2)24(33-29(37)38-30(8,9)10)28(36)34(18(3)4)26(22-16-19(5)14-15-20(22)6)27(35)32-25-21(7)12-11-13-23(25)31/h11-18,24,26H,1-10H3,(H,32,35)(H,33,37). The Labute approximate surface area is 232 Å². The van der Waals surface area contributed by atoms with Crippen LogP contribution in [0.5, 0.6) is 0 Å². The zero-order chi connectivity index (χ0) is 28.9. The van der Waals surface area contributed by atoms with Crippen molar-refractivity contribution >= 4 is 35.2 Å². The number of rotatable bonds is 8. The number of anilines is 1. The fourth-order valence-electron chi connectivity index (χ4n) is 4.24. The van der Waals surface area contributed by atoms with E-state index in [-0.39, 0.29) is 17.9 Å². The molecule has 0 aliphatic carbocycles. The lowest BCUT2D eigenvalue weighted by Crippen LogP contribution is -2.56. The molecule has 0 heterocycles. The van der Waals surface area contributed by atoms with Gasteiger partial charge < -0.3 is 20.3 Å². The van der Waals surface area contributed by atoms with Crippen LogP contribution < -0.4 is 10.6 Å². The quantitative estimate of drug-likeness (QED) is 0.386. The predicted molar refractivity (Wildman–Crippen MR) is 153 cm³/mol. The molecule has 7 nitrogen and oxygen atoms in total. The smallest absolute Gasteiger partial charge is 0.408 e. The van der Waals surface area contributed by atoms with Gasteiger partial charge in [-0.1, -0.05) is 61.3 Å². The van der Waals surface area contributed by atoms with Crippen molar-refractivity contribution in [3.63, 3.8) is 0 Å². The summed E-state index contributed by atoms with van der Waals surface area (Å²) in [5.74, 6) is -1.03. The summed E-state index contributed by atoms with van der Waals surface area (Å²) in [6.45, 7) is 18.4. The summed E-state index contributed by atoms with van der Waals surface area (Å²) in [5, 5.41) is 6.13. The average molecular weight is 544 g/mol. The number of aryl methyl sites for hydroxylation is 3. The number of hydrogen-bond acceptors (Lipinski definition) is 4. The van der Waals surface area contributed by atoms with Crippen LogP contribution in [0.2, 0.25) is 5.02 Å². The minimum Gasteiger partial charge on any atom is -0.444 e. The van der Waals surface area contributed by atoms with E-state index < -0.39 is 29.7 Å². The number of ether oxygens (including phenoxy) is 1. The molecule has 0 saturated heterocycles. The van der Waals surface area contributed by atoms with Gasteiger partial charge in [0.05, 0.1) is 10.7 Å². The van der Waals surface area contributed by atoms with Gasteiger partial charge in [-0.15, -0.1) is 0 Å². The Morgan fingerprint density at radius 3 is 2.11 bits per heavy atom. The molecule has 208 valence electrons. The normalized spacial score (nSPS) is 13.2. The van der Waals surface area contributed by atoms with Crippen molar-refractivity contribution < 1.29 is 19.1 Å². The molecule has 0 aliphatic heterocycles. The van der Waals surface area contributed by atoms with E-state index in [4.69, 9.17) is 16.3 Å². The number of nitrogens with one attached hydrogen (secondary N) is 2. The molecule has 2 aromatic rings. The minimum atomic E-state index is -0.972. The molecule has 0 saturated carbocycles. The molecule has 0 radical (unpaired) electrons. The zero-order valence-electron chi connectivity index (χ0n) is 24.2. The summed E-state index contributed by atoms with van der Waals surface area (Å²) < 4.78 is 5.43. The lowest BCUT2D eigenvalue weighted by molar-refractivity contribution is -0.143. The fraction of sp³-hybridized carbons (Fsp3) is 0.500. The van der Waals surface area contributed by atoms with E-state index in [0.717, 1.165) is 16.7 Å². The van der Waals surface area contributed by atoms with Gasteiger partial charge in [0, 0.05) is 6.04 Å². The zero-order valence-corrected chi connectivity index (χ0v) is 25.0. The highest BCUT2D eigenvalue weighted by molar-refractivity contribution is 6.34. The molecule has 2 rings (SSSR count). The predicted octanol–water partition coefficient (Wildman–Crippen LogP) is 6.73. The monoisotopic (exact) mass is 543 g/mol. The fourth-order valence-corrected chi connectivity index (χ4v) is 4.51. The molecule has 3 amide bonds. The number of para-hydroxylation sites is 1. The van der Waals surface area contributed by atoms with Crippen molar-refractivity contribution in [1.82, 2.24) is 10.2 Å². The number of alkyl carbamates (subject to hydrolysis) is 1. The third kappa shape index (κ3) is 7.97. The topological polar surface area (TPSA) is 87.7 Å². The van der Waals surface area contributed by atoms with Crippen molar-refractivity contribution in [2.24, 2.45) is 5.92 Å². The summed E-state index contributed by atoms with van der Waals surface area (Å²) in [6, 6.07) is 8.97. The first-order valence-electron chi connectivity index (χ1n) is 13.0. The van der Waals surface area contributed by atoms with Crippen LogP contribution in [0, 0.1) is 26.7 Å². The van der Waals surface area contributed by atoms with E-state index >= 15 is 0 Å². The Kier molecular flexibility index (Phi) is 10.4. The third-order valence-corrected chi connectivity index (χ3v) is 6.46. The first kappa shape index (κ1) is 31.2. The van der Waals surface area contributed by atoms with Gasteiger partial charge in [-0.25, -0.2) is 4.79 Å². The Morgan fingerprint density at radius 2 is 1.58 bits per heavy atom. The van der Waals surface area contributed by atoms with Crippen LogP contribution in [0.4, 0.5) is 10.5 Å². The van der Waals surface area contributed by atoms with E-state index in [1.165, 1.54) is 0 Å². The van der Waals surface area contributed by atoms with Crippen molar-refractivity contribution in [2.75, 3.05) is 5.32 Å². The van der Waals surface area contributed by atoms with E-state index in [9.17, 15) is 14.4 Å². The summed E-state index contributed by atoms with van der Waals surface area (Å²) in [5.41, 5.74) is 3.11. The molecule has 0 fully saturated rings. The van der Waals surface area contributed by atoms with Crippen molar-refractivity contribution in [3.8, 4) is 0 Å². The SMILES string of the molecule is Cc1ccc(C)c(C(C(=O)Nc2c(C)cccc2Cl)N(C(=O)C(NC(=O)OC(C)(C)C)C(C)C)C(C)C)c1. The van der Waals surface area contributed by atoms with E-state index in [1.54, 1.807) is 31.7 Å². The van der Waals surface area contributed by atoms with Gasteiger partial charge in [-0.3, -0.25) is 9.59 Å². The van der Waals surface area contributed by atoms with Gasteiger partial charge in [-0.05, 0) is 84.1 Å². The summed E-state index contributed by atoms with van der Waals surface area (Å²) in [4.78, 5) is 42.4. The highest BCUT2D eigenvalue weighted by Gasteiger charge is 2.39. The number of carbonyl (C=O) groups is 3. The lowest BCUT2D eigenvalue weighted by Gasteiger charge is -2.38. The molecular formula is C30H42ClN3O4. The number of halogens is 1. The van der Waals surface area contributed by atoms with Crippen molar-refractivity contribution in [3.05, 3.63) is 63.7 Å². The Balaban J connectivity index is 2.62. The average Bonchev–Trinajstić information content (AvgIpc) is 2.78. The largest absolute Gasteiger partial charge is 0.444 e. The molecule has 0 aliphatic rings. The van der Waals surface area contributed by atoms with Crippen LogP contribution in [-0.4, -0.2) is 40.5 Å². The molecule has 0 spiro atoms. The molecule has 2 N–H and O–H groups in total. The molecule has 2 aromatic carbocycles. The summed E-state index contributed by atoms with van der Waals surface area (Å²) in [6.07, 6.45) is -0.687. The highest BCUT2D eigenvalue weighted by Crippen LogP contribution is 2.32. The molecule has 38 heavy (non-hydrogen) atoms. The van der Waals surface area contributed by atoms with Crippen LogP contribution in [0.15, 0.2) is 36.4 Å². The molecule has 0 bridgehead atoms. The molecule has 2 unspecified atom stereocenters. The summed E-state index contributed by atoms with van der Waals surface area (Å²) >= 11 is 6.43. The lowest BCUT2D eigenvalue weighted by atomic mass is 9.93. The Bertz CT molecular complexity index is 1150. The van der Waals surface area contributed by atoms with Gasteiger partial charge in [0.25, 0.3) is 5.91 Å². The Hall–Kier alpha value is -3.06. The van der Waals surface area contributed by atoms with Gasteiger partial charge in [0.15, 0.2) is 0 Å². The molecule has 8 heteroatoms. The Morgan fingerprint density at radius 1 is 0.947 bits per heavy atom. The van der Waals surface area contributed by atoms with Crippen LogP contribution >= 0.6 is 11.6 Å². The first-order chi connectivity index (χ1) is 17.5. The van der Waals surface area contributed by atoms with Gasteiger partial charge in [0.2, 0.25) is 5.91 Å². The number of amides is 3. The van der Waals surface area contributed by atoms with Crippen LogP contribution in [0.1, 0.15) is 76.8 Å².